The van der Waals surface area contributed by atoms with E-state index >= 15 is 0 Å². The minimum Gasteiger partial charge on any atom is -0.344 e. The average Bonchev–Trinajstić information content (AvgIpc) is 3.31. The Hall–Kier alpha value is -3.54. The lowest BCUT2D eigenvalue weighted by Crippen LogP contribution is -2.55. The molecule has 2 aromatic rings. The number of ketones is 1. The van der Waals surface area contributed by atoms with Crippen molar-refractivity contribution in [1.82, 2.24) is 9.88 Å². The molecular weight excluding hydrogens is 430 g/mol. The molecule has 0 radical (unpaired) electrons. The molecule has 4 rings (SSSR count). The number of benzene rings is 1. The number of Topliss-reactive ketones (excluding diaryl/α,β-unsaturated/α-hetero) is 1. The van der Waals surface area contributed by atoms with Crippen molar-refractivity contribution in [3.05, 3.63) is 52.3 Å². The number of carbonyl (C=O) groups excluding carboxylic acids is 3. The normalized spacial score (nSPS) is 15.8. The Morgan fingerprint density at radius 3 is 2.58 bits per heavy atom. The lowest BCUT2D eigenvalue weighted by Gasteiger charge is -2.42. The summed E-state index contributed by atoms with van der Waals surface area (Å²) < 4.78 is 28.5. The molecule has 1 aliphatic heterocycles. The minimum absolute atomic E-state index is 0.0851. The molecule has 1 aromatic heterocycles. The summed E-state index contributed by atoms with van der Waals surface area (Å²) in [6.45, 7) is 2.12. The number of anilines is 1. The van der Waals surface area contributed by atoms with Crippen molar-refractivity contribution in [3.63, 3.8) is 0 Å². The summed E-state index contributed by atoms with van der Waals surface area (Å²) in [6.07, 6.45) is 4.43. The summed E-state index contributed by atoms with van der Waals surface area (Å²) in [5.41, 5.74) is 1.02. The van der Waals surface area contributed by atoms with Crippen LogP contribution in [0.15, 0.2) is 18.2 Å². The molecule has 2 aliphatic rings. The van der Waals surface area contributed by atoms with E-state index in [-0.39, 0.29) is 16.9 Å². The number of fused-ring (bicyclic) bond motifs is 1. The van der Waals surface area contributed by atoms with Crippen molar-refractivity contribution in [2.24, 2.45) is 0 Å². The number of nitriles is 1. The first kappa shape index (κ1) is 22.6. The summed E-state index contributed by atoms with van der Waals surface area (Å²) >= 11 is 0. The minimum atomic E-state index is -1.08. The third kappa shape index (κ3) is 4.13. The Bertz CT molecular complexity index is 1190. The number of rotatable bonds is 7. The van der Waals surface area contributed by atoms with Gasteiger partial charge in [-0.05, 0) is 63.1 Å². The van der Waals surface area contributed by atoms with Gasteiger partial charge in [0, 0.05) is 36.0 Å². The molecule has 0 bridgehead atoms. The zero-order valence-corrected chi connectivity index (χ0v) is 18.3. The molecule has 0 atom stereocenters. The lowest BCUT2D eigenvalue weighted by molar-refractivity contribution is -0.120. The number of nitrogens with zero attached hydrogens (tertiary/aromatic N) is 2. The van der Waals surface area contributed by atoms with Gasteiger partial charge in [-0.1, -0.05) is 0 Å². The summed E-state index contributed by atoms with van der Waals surface area (Å²) in [7, 11) is 0. The largest absolute Gasteiger partial charge is 0.344 e. The first-order chi connectivity index (χ1) is 15.8. The molecule has 7 nitrogen and oxygen atoms in total. The van der Waals surface area contributed by atoms with Crippen molar-refractivity contribution < 1.29 is 23.2 Å². The Kier molecular flexibility index (Phi) is 6.02. The van der Waals surface area contributed by atoms with E-state index in [0.717, 1.165) is 37.8 Å². The number of amides is 2. The number of aromatic nitrogens is 1. The first-order valence-electron chi connectivity index (χ1n) is 11.0. The van der Waals surface area contributed by atoms with Crippen LogP contribution in [0.4, 0.5) is 14.5 Å². The number of nitrogens with one attached hydrogen (secondary N) is 2. The van der Waals surface area contributed by atoms with Gasteiger partial charge in [0.05, 0.1) is 11.6 Å². The van der Waals surface area contributed by atoms with Gasteiger partial charge in [-0.15, -0.1) is 0 Å². The predicted octanol–water partition coefficient (Wildman–Crippen LogP) is 3.80. The zero-order valence-electron chi connectivity index (χ0n) is 18.3. The zero-order chi connectivity index (χ0) is 23.8. The number of hydrogen-bond acceptors (Lipinski definition) is 4. The highest BCUT2D eigenvalue weighted by atomic mass is 19.2. The van der Waals surface area contributed by atoms with E-state index in [9.17, 15) is 23.2 Å². The van der Waals surface area contributed by atoms with Crippen LogP contribution in [0.3, 0.4) is 0 Å². The second kappa shape index (κ2) is 8.77. The maximum Gasteiger partial charge on any atom is 0.292 e. The van der Waals surface area contributed by atoms with Crippen molar-refractivity contribution in [3.8, 4) is 6.07 Å². The van der Waals surface area contributed by atoms with Crippen LogP contribution in [-0.2, 0) is 17.8 Å². The van der Waals surface area contributed by atoms with Crippen molar-refractivity contribution >= 4 is 23.3 Å². The van der Waals surface area contributed by atoms with Crippen molar-refractivity contribution in [2.75, 3.05) is 5.32 Å². The lowest BCUT2D eigenvalue weighted by atomic mass is 9.73. The first-order valence-corrected chi connectivity index (χ1v) is 11.0. The van der Waals surface area contributed by atoms with Gasteiger partial charge >= 0.3 is 0 Å². The average molecular weight is 454 g/mol. The SMILES string of the molecule is Cc1c(C(=O)C(=O)NC2(CCC#N)CCC2)c2n(c1C(=O)Nc1ccc(F)c(F)c1)CCC2. The predicted molar refractivity (Wildman–Crippen MR) is 116 cm³/mol. The van der Waals surface area contributed by atoms with Crippen LogP contribution in [-0.4, -0.2) is 27.7 Å². The highest BCUT2D eigenvalue weighted by Gasteiger charge is 2.40. The van der Waals surface area contributed by atoms with Gasteiger partial charge < -0.3 is 15.2 Å². The molecule has 1 aromatic carbocycles. The third-order valence-electron chi connectivity index (χ3n) is 6.64. The molecule has 0 saturated heterocycles. The molecule has 0 unspecified atom stereocenters. The Morgan fingerprint density at radius 1 is 1.18 bits per heavy atom. The topological polar surface area (TPSA) is 104 Å². The number of halogens is 2. The van der Waals surface area contributed by atoms with Gasteiger partial charge in [0.1, 0.15) is 5.69 Å². The van der Waals surface area contributed by atoms with E-state index in [4.69, 9.17) is 5.26 Å². The molecule has 172 valence electrons. The third-order valence-corrected chi connectivity index (χ3v) is 6.64. The van der Waals surface area contributed by atoms with Crippen LogP contribution in [0, 0.1) is 29.9 Å². The fourth-order valence-corrected chi connectivity index (χ4v) is 4.82. The summed E-state index contributed by atoms with van der Waals surface area (Å²) in [4.78, 5) is 39.1. The molecular formula is C24H24F2N4O3. The van der Waals surface area contributed by atoms with Crippen molar-refractivity contribution in [2.45, 2.75) is 64.0 Å². The Labute approximate surface area is 189 Å². The quantitative estimate of drug-likeness (QED) is 0.491. The van der Waals surface area contributed by atoms with E-state index < -0.39 is 34.8 Å². The Morgan fingerprint density at radius 2 is 1.94 bits per heavy atom. The van der Waals surface area contributed by atoms with Gasteiger partial charge in [0.25, 0.3) is 17.6 Å². The maximum atomic E-state index is 13.5. The summed E-state index contributed by atoms with van der Waals surface area (Å²) in [5, 5.41) is 14.3. The van der Waals surface area contributed by atoms with Crippen LogP contribution in [0.5, 0.6) is 0 Å². The molecule has 1 fully saturated rings. The second-order valence-corrected chi connectivity index (χ2v) is 8.71. The van der Waals surface area contributed by atoms with Crippen LogP contribution >= 0.6 is 0 Å². The van der Waals surface area contributed by atoms with Crippen LogP contribution in [0.25, 0.3) is 0 Å². The summed E-state index contributed by atoms with van der Waals surface area (Å²) in [5.74, 6) is -4.10. The molecule has 2 amide bonds. The smallest absolute Gasteiger partial charge is 0.292 e. The van der Waals surface area contributed by atoms with Gasteiger partial charge in [-0.3, -0.25) is 14.4 Å². The van der Waals surface area contributed by atoms with E-state index in [1.54, 1.807) is 11.5 Å². The van der Waals surface area contributed by atoms with E-state index in [2.05, 4.69) is 16.7 Å². The van der Waals surface area contributed by atoms with Gasteiger partial charge in [0.2, 0.25) is 0 Å². The number of hydrogen-bond donors (Lipinski definition) is 2. The second-order valence-electron chi connectivity index (χ2n) is 8.71. The molecule has 2 N–H and O–H groups in total. The highest BCUT2D eigenvalue weighted by molar-refractivity contribution is 6.44. The standard InChI is InChI=1S/C24H24F2N4O3/c1-14-19(21(31)23(33)29-24(8-3-9-24)10-4-11-27)18-5-2-12-30(18)20(14)22(32)28-15-6-7-16(25)17(26)13-15/h6-7,13H,2-5,8-10,12H2,1H3,(H,28,32)(H,29,33). The van der Waals surface area contributed by atoms with Crippen LogP contribution in [0.2, 0.25) is 0 Å². The molecule has 9 heteroatoms. The van der Waals surface area contributed by atoms with E-state index in [0.29, 0.717) is 37.1 Å². The maximum absolute atomic E-state index is 13.5. The van der Waals surface area contributed by atoms with Gasteiger partial charge in [-0.25, -0.2) is 8.78 Å². The molecule has 1 saturated carbocycles. The van der Waals surface area contributed by atoms with Crippen molar-refractivity contribution in [1.29, 1.82) is 5.26 Å². The van der Waals surface area contributed by atoms with Crippen LogP contribution in [0.1, 0.15) is 70.6 Å². The molecule has 0 spiro atoms. The van der Waals surface area contributed by atoms with E-state index in [1.165, 1.54) is 6.07 Å². The molecule has 1 aliphatic carbocycles. The van der Waals surface area contributed by atoms with Gasteiger partial charge in [-0.2, -0.15) is 5.26 Å². The van der Waals surface area contributed by atoms with E-state index in [1.807, 2.05) is 0 Å². The summed E-state index contributed by atoms with van der Waals surface area (Å²) in [6, 6.07) is 5.13. The van der Waals surface area contributed by atoms with Crippen LogP contribution < -0.4 is 10.6 Å². The Balaban J connectivity index is 1.60. The fourth-order valence-electron chi connectivity index (χ4n) is 4.82. The number of carbonyl (C=O) groups is 3. The van der Waals surface area contributed by atoms with Gasteiger partial charge in [0.15, 0.2) is 11.6 Å². The monoisotopic (exact) mass is 454 g/mol. The molecule has 33 heavy (non-hydrogen) atoms. The fraction of sp³-hybridized carbons (Fsp3) is 0.417. The molecule has 2 heterocycles. The highest BCUT2D eigenvalue weighted by Crippen LogP contribution is 2.36.